The Morgan fingerprint density at radius 2 is 2.10 bits per heavy atom. The number of nitrogens with one attached hydrogen (secondary N) is 1. The second-order valence-corrected chi connectivity index (χ2v) is 4.28. The smallest absolute Gasteiger partial charge is 0.325 e. The Kier molecular flexibility index (Phi) is 3.46. The van der Waals surface area contributed by atoms with E-state index in [4.69, 9.17) is 0 Å². The number of carbonyl (C=O) groups excluding carboxylic acids is 1. The first-order valence-corrected chi connectivity index (χ1v) is 6.34. The lowest BCUT2D eigenvalue weighted by molar-refractivity contribution is -0.138. The third kappa shape index (κ3) is 2.53. The number of esters is 1. The van der Waals surface area contributed by atoms with Crippen molar-refractivity contribution in [3.05, 3.63) is 42.9 Å². The fourth-order valence-electron chi connectivity index (χ4n) is 1.97. The number of rotatable bonds is 4. The monoisotopic (exact) mass is 283 g/mol. The lowest BCUT2D eigenvalue weighted by Crippen LogP contribution is -2.15. The van der Waals surface area contributed by atoms with Gasteiger partial charge in [-0.3, -0.25) is 4.79 Å². The van der Waals surface area contributed by atoms with Gasteiger partial charge in [0.1, 0.15) is 18.7 Å². The molecule has 0 saturated heterocycles. The molecule has 3 rings (SSSR count). The lowest BCUT2D eigenvalue weighted by atomic mass is 10.3. The van der Waals surface area contributed by atoms with Gasteiger partial charge in [0.2, 0.25) is 0 Å². The summed E-state index contributed by atoms with van der Waals surface area (Å²) in [5.74, 6) is 0.185. The number of benzene rings is 1. The number of para-hydroxylation sites is 1. The summed E-state index contributed by atoms with van der Waals surface area (Å²) in [5, 5.41) is 8.00. The number of nitrogens with zero attached hydrogens (tertiary/aromatic N) is 4. The topological polar surface area (TPSA) is 81.9 Å². The van der Waals surface area contributed by atoms with Crippen molar-refractivity contribution in [3.63, 3.8) is 0 Å². The molecule has 0 saturated carbocycles. The number of carbonyl (C=O) groups is 1. The summed E-state index contributed by atoms with van der Waals surface area (Å²) in [5.41, 5.74) is 1.58. The molecule has 21 heavy (non-hydrogen) atoms. The van der Waals surface area contributed by atoms with Crippen LogP contribution in [-0.2, 0) is 9.53 Å². The Balaban J connectivity index is 1.98. The van der Waals surface area contributed by atoms with Crippen molar-refractivity contribution in [2.75, 3.05) is 19.0 Å². The zero-order valence-corrected chi connectivity index (χ0v) is 11.4. The molecule has 7 heteroatoms. The van der Waals surface area contributed by atoms with Crippen LogP contribution in [-0.4, -0.2) is 39.4 Å². The van der Waals surface area contributed by atoms with Crippen molar-refractivity contribution in [1.82, 2.24) is 19.7 Å². The van der Waals surface area contributed by atoms with Gasteiger partial charge in [0.15, 0.2) is 5.65 Å². The van der Waals surface area contributed by atoms with Gasteiger partial charge < -0.3 is 10.1 Å². The predicted octanol–water partition coefficient (Wildman–Crippen LogP) is 1.40. The molecule has 106 valence electrons. The van der Waals surface area contributed by atoms with Crippen molar-refractivity contribution in [3.8, 4) is 5.69 Å². The molecule has 2 aromatic heterocycles. The van der Waals surface area contributed by atoms with E-state index in [2.05, 4.69) is 25.1 Å². The van der Waals surface area contributed by atoms with Crippen LogP contribution in [0.3, 0.4) is 0 Å². The molecule has 0 radical (unpaired) electrons. The Morgan fingerprint density at radius 3 is 2.86 bits per heavy atom. The van der Waals surface area contributed by atoms with Crippen molar-refractivity contribution in [2.24, 2.45) is 0 Å². The minimum atomic E-state index is -0.364. The summed E-state index contributed by atoms with van der Waals surface area (Å²) in [7, 11) is 1.34. The number of hydrogen-bond acceptors (Lipinski definition) is 6. The molecule has 7 nitrogen and oxygen atoms in total. The van der Waals surface area contributed by atoms with Crippen molar-refractivity contribution in [2.45, 2.75) is 0 Å². The zero-order valence-electron chi connectivity index (χ0n) is 11.4. The fraction of sp³-hybridized carbons (Fsp3) is 0.143. The first-order valence-electron chi connectivity index (χ1n) is 6.34. The molecular weight excluding hydrogens is 270 g/mol. The van der Waals surface area contributed by atoms with Crippen LogP contribution in [0.1, 0.15) is 0 Å². The molecule has 0 aliphatic heterocycles. The van der Waals surface area contributed by atoms with E-state index in [-0.39, 0.29) is 12.5 Å². The van der Waals surface area contributed by atoms with Gasteiger partial charge in [0.25, 0.3) is 0 Å². The van der Waals surface area contributed by atoms with Gasteiger partial charge in [-0.05, 0) is 12.1 Å². The Bertz CT molecular complexity index is 769. The highest BCUT2D eigenvalue weighted by molar-refractivity contribution is 5.88. The lowest BCUT2D eigenvalue weighted by Gasteiger charge is -2.05. The molecule has 0 bridgehead atoms. The quantitative estimate of drug-likeness (QED) is 0.729. The third-order valence-electron chi connectivity index (χ3n) is 2.99. The van der Waals surface area contributed by atoms with E-state index in [1.54, 1.807) is 10.9 Å². The number of anilines is 1. The second-order valence-electron chi connectivity index (χ2n) is 4.28. The Labute approximate surface area is 120 Å². The van der Waals surface area contributed by atoms with Crippen molar-refractivity contribution in [1.29, 1.82) is 0 Å². The van der Waals surface area contributed by atoms with Crippen LogP contribution in [0.2, 0.25) is 0 Å². The minimum Gasteiger partial charge on any atom is -0.468 e. The molecule has 0 aliphatic carbocycles. The highest BCUT2D eigenvalue weighted by atomic mass is 16.5. The molecule has 0 atom stereocenters. The molecule has 1 aromatic carbocycles. The average Bonchev–Trinajstić information content (AvgIpc) is 2.98. The van der Waals surface area contributed by atoms with Crippen LogP contribution < -0.4 is 5.32 Å². The van der Waals surface area contributed by atoms with Gasteiger partial charge in [0, 0.05) is 0 Å². The van der Waals surface area contributed by atoms with Crippen LogP contribution in [0, 0.1) is 0 Å². The van der Waals surface area contributed by atoms with E-state index >= 15 is 0 Å². The fourth-order valence-corrected chi connectivity index (χ4v) is 1.97. The maximum absolute atomic E-state index is 11.2. The second kappa shape index (κ2) is 5.58. The summed E-state index contributed by atoms with van der Waals surface area (Å²) >= 11 is 0. The van der Waals surface area contributed by atoms with Crippen molar-refractivity contribution >= 4 is 22.8 Å². The predicted molar refractivity (Wildman–Crippen MR) is 77.2 cm³/mol. The van der Waals surface area contributed by atoms with Gasteiger partial charge >= 0.3 is 5.97 Å². The van der Waals surface area contributed by atoms with Crippen LogP contribution in [0.25, 0.3) is 16.7 Å². The summed E-state index contributed by atoms with van der Waals surface area (Å²) in [6.45, 7) is 0.0408. The number of hydrogen-bond donors (Lipinski definition) is 1. The van der Waals surface area contributed by atoms with Gasteiger partial charge in [-0.2, -0.15) is 5.10 Å². The molecule has 0 fully saturated rings. The maximum Gasteiger partial charge on any atom is 0.325 e. The summed E-state index contributed by atoms with van der Waals surface area (Å²) in [4.78, 5) is 19.6. The van der Waals surface area contributed by atoms with Crippen LogP contribution >= 0.6 is 0 Å². The average molecular weight is 283 g/mol. The summed E-state index contributed by atoms with van der Waals surface area (Å²) in [6.07, 6.45) is 3.10. The molecule has 0 aliphatic rings. The number of methoxy groups -OCH3 is 1. The van der Waals surface area contributed by atoms with Crippen molar-refractivity contribution < 1.29 is 9.53 Å². The molecule has 2 heterocycles. The van der Waals surface area contributed by atoms with Gasteiger partial charge in [0.05, 0.1) is 24.4 Å². The Hall–Kier alpha value is -2.96. The molecule has 0 amide bonds. The highest BCUT2D eigenvalue weighted by Gasteiger charge is 2.11. The van der Waals surface area contributed by atoms with Crippen LogP contribution in [0.5, 0.6) is 0 Å². The number of ether oxygens (including phenoxy) is 1. The molecule has 3 aromatic rings. The molecule has 0 spiro atoms. The van der Waals surface area contributed by atoms with E-state index < -0.39 is 0 Å². The maximum atomic E-state index is 11.2. The largest absolute Gasteiger partial charge is 0.468 e. The van der Waals surface area contributed by atoms with Crippen LogP contribution in [0.15, 0.2) is 42.9 Å². The summed E-state index contributed by atoms with van der Waals surface area (Å²) in [6, 6.07) is 9.68. The van der Waals surface area contributed by atoms with Gasteiger partial charge in [-0.25, -0.2) is 14.6 Å². The van der Waals surface area contributed by atoms with E-state index in [0.29, 0.717) is 11.5 Å². The summed E-state index contributed by atoms with van der Waals surface area (Å²) < 4.78 is 6.32. The first kappa shape index (κ1) is 13.0. The zero-order chi connectivity index (χ0) is 14.7. The minimum absolute atomic E-state index is 0.0408. The van der Waals surface area contributed by atoms with E-state index in [1.807, 2.05) is 30.3 Å². The molecule has 1 N–H and O–H groups in total. The van der Waals surface area contributed by atoms with Crippen LogP contribution in [0.4, 0.5) is 5.82 Å². The highest BCUT2D eigenvalue weighted by Crippen LogP contribution is 2.21. The first-order chi connectivity index (χ1) is 10.3. The molecular formula is C14H13N5O2. The standard InChI is InChI=1S/C14H13N5O2/c1-21-12(20)8-15-13-11-7-18-19(14(11)17-9-16-13)10-5-3-2-4-6-10/h2-7,9H,8H2,1H3,(H,15,16,17). The van der Waals surface area contributed by atoms with E-state index in [1.165, 1.54) is 13.4 Å². The number of fused-ring (bicyclic) bond motifs is 1. The SMILES string of the molecule is COC(=O)CNc1ncnc2c1cnn2-c1ccccc1. The normalized spacial score (nSPS) is 10.5. The van der Waals surface area contributed by atoms with Gasteiger partial charge in [-0.15, -0.1) is 0 Å². The third-order valence-corrected chi connectivity index (χ3v) is 2.99. The van der Waals surface area contributed by atoms with E-state index in [0.717, 1.165) is 11.1 Å². The molecule has 0 unspecified atom stereocenters. The van der Waals surface area contributed by atoms with Gasteiger partial charge in [-0.1, -0.05) is 18.2 Å². The van der Waals surface area contributed by atoms with E-state index in [9.17, 15) is 4.79 Å². The Morgan fingerprint density at radius 1 is 1.29 bits per heavy atom. The number of aromatic nitrogens is 4.